The molecule has 0 saturated carbocycles. The first-order valence-corrected chi connectivity index (χ1v) is 9.37. The number of imidazole rings is 1. The maximum absolute atomic E-state index is 13.6. The molecule has 25 heavy (non-hydrogen) atoms. The van der Waals surface area contributed by atoms with Gasteiger partial charge in [0, 0.05) is 33.6 Å². The quantitative estimate of drug-likeness (QED) is 0.482. The Morgan fingerprint density at radius 3 is 2.68 bits per heavy atom. The molecule has 0 radical (unpaired) electrons. The summed E-state index contributed by atoms with van der Waals surface area (Å²) in [4.78, 5) is 5.08. The summed E-state index contributed by atoms with van der Waals surface area (Å²) in [5, 5.41) is 0.749. The van der Waals surface area contributed by atoms with Gasteiger partial charge >= 0.3 is 0 Å². The van der Waals surface area contributed by atoms with Crippen LogP contribution in [-0.4, -0.2) is 14.3 Å². The van der Waals surface area contributed by atoms with Gasteiger partial charge in [-0.05, 0) is 55.7 Å². The summed E-state index contributed by atoms with van der Waals surface area (Å²) < 4.78 is 15.6. The van der Waals surface area contributed by atoms with Crippen LogP contribution in [0.4, 0.5) is 4.39 Å². The zero-order valence-corrected chi connectivity index (χ0v) is 15.6. The Morgan fingerprint density at radius 2 is 2.00 bits per heavy atom. The van der Waals surface area contributed by atoms with Crippen molar-refractivity contribution < 1.29 is 4.39 Å². The van der Waals surface area contributed by atoms with Crippen molar-refractivity contribution in [3.63, 3.8) is 0 Å². The smallest absolute Gasteiger partial charge is 0.124 e. The zero-order valence-electron chi connectivity index (χ0n) is 14.0. The van der Waals surface area contributed by atoms with Gasteiger partial charge in [0.1, 0.15) is 5.82 Å². The predicted molar refractivity (Wildman–Crippen MR) is 103 cm³/mol. The highest BCUT2D eigenvalue weighted by Crippen LogP contribution is 2.38. The Kier molecular flexibility index (Phi) is 5.82. The van der Waals surface area contributed by atoms with Gasteiger partial charge in [-0.25, -0.2) is 9.37 Å². The van der Waals surface area contributed by atoms with E-state index in [-0.39, 0.29) is 10.6 Å². The molecule has 5 heteroatoms. The normalized spacial score (nSPS) is 13.6. The third-order valence-corrected chi connectivity index (χ3v) is 5.66. The molecule has 0 aliphatic rings. The molecule has 3 aromatic rings. The number of halogens is 2. The second kappa shape index (κ2) is 8.07. The molecule has 0 fully saturated rings. The van der Waals surface area contributed by atoms with Crippen LogP contribution in [0, 0.1) is 5.82 Å². The Hall–Kier alpha value is -1.78. The molecule has 2 nitrogen and oxygen atoms in total. The van der Waals surface area contributed by atoms with Crippen molar-refractivity contribution in [1.29, 1.82) is 0 Å². The minimum atomic E-state index is -0.201. The lowest BCUT2D eigenvalue weighted by Gasteiger charge is -2.29. The van der Waals surface area contributed by atoms with Crippen molar-refractivity contribution in [2.45, 2.75) is 36.0 Å². The molecule has 1 heterocycles. The van der Waals surface area contributed by atoms with Gasteiger partial charge in [-0.2, -0.15) is 0 Å². The van der Waals surface area contributed by atoms with Crippen LogP contribution in [0.15, 0.2) is 72.1 Å². The molecule has 0 spiro atoms. The SMILES string of the molecule is CC(CCc1ccc(Cl)cc1)(Cn1ccnc1)Sc1cccc(F)c1. The van der Waals surface area contributed by atoms with Crippen LogP contribution in [0.3, 0.4) is 0 Å². The largest absolute Gasteiger partial charge is 0.336 e. The first kappa shape index (κ1) is 18.0. The van der Waals surface area contributed by atoms with Crippen LogP contribution in [-0.2, 0) is 13.0 Å². The number of aryl methyl sites for hydroxylation is 1. The molecular weight excluding hydrogens is 355 g/mol. The van der Waals surface area contributed by atoms with Crippen LogP contribution in [0.25, 0.3) is 0 Å². The summed E-state index contributed by atoms with van der Waals surface area (Å²) in [6, 6.07) is 14.8. The third kappa shape index (κ3) is 5.35. The Labute approximate surface area is 157 Å². The average molecular weight is 375 g/mol. The third-order valence-electron chi connectivity index (χ3n) is 4.09. The standard InChI is InChI=1S/C20H20ClFN2S/c1-20(14-24-12-11-23-15-24,25-19-4-2-3-18(22)13-19)10-9-16-5-7-17(21)8-6-16/h2-8,11-13,15H,9-10,14H2,1H3. The lowest BCUT2D eigenvalue weighted by Crippen LogP contribution is -2.27. The number of hydrogen-bond donors (Lipinski definition) is 0. The highest BCUT2D eigenvalue weighted by molar-refractivity contribution is 8.00. The van der Waals surface area contributed by atoms with Crippen LogP contribution in [0.2, 0.25) is 5.02 Å². The summed E-state index contributed by atoms with van der Waals surface area (Å²) in [6.07, 6.45) is 7.46. The minimum Gasteiger partial charge on any atom is -0.336 e. The highest BCUT2D eigenvalue weighted by atomic mass is 35.5. The molecule has 1 atom stereocenters. The van der Waals surface area contributed by atoms with Gasteiger partial charge in [-0.3, -0.25) is 0 Å². The minimum absolute atomic E-state index is 0.0892. The van der Waals surface area contributed by atoms with Crippen molar-refractivity contribution in [3.05, 3.63) is 83.7 Å². The molecule has 0 aliphatic carbocycles. The summed E-state index contributed by atoms with van der Waals surface area (Å²) in [6.45, 7) is 3.03. The second-order valence-corrected chi connectivity index (χ2v) is 8.47. The molecule has 130 valence electrons. The van der Waals surface area contributed by atoms with Gasteiger partial charge in [0.05, 0.1) is 6.33 Å². The predicted octanol–water partition coefficient (Wildman–Crippen LogP) is 5.86. The lowest BCUT2D eigenvalue weighted by molar-refractivity contribution is 0.495. The molecule has 0 amide bonds. The van der Waals surface area contributed by atoms with Crippen LogP contribution < -0.4 is 0 Å². The van der Waals surface area contributed by atoms with Crippen molar-refractivity contribution in [3.8, 4) is 0 Å². The molecule has 0 bridgehead atoms. The zero-order chi connectivity index (χ0) is 17.7. The first-order valence-electron chi connectivity index (χ1n) is 8.17. The summed E-state index contributed by atoms with van der Waals surface area (Å²) in [7, 11) is 0. The highest BCUT2D eigenvalue weighted by Gasteiger charge is 2.26. The molecular formula is C20H20ClFN2S. The van der Waals surface area contributed by atoms with E-state index in [4.69, 9.17) is 11.6 Å². The van der Waals surface area contributed by atoms with Gasteiger partial charge in [0.15, 0.2) is 0 Å². The van der Waals surface area contributed by atoms with E-state index in [1.165, 1.54) is 11.6 Å². The van der Waals surface area contributed by atoms with Crippen molar-refractivity contribution in [1.82, 2.24) is 9.55 Å². The van der Waals surface area contributed by atoms with E-state index in [1.54, 1.807) is 30.1 Å². The summed E-state index contributed by atoms with van der Waals surface area (Å²) in [5.74, 6) is -0.201. The van der Waals surface area contributed by atoms with Crippen molar-refractivity contribution in [2.75, 3.05) is 0 Å². The van der Waals surface area contributed by atoms with Crippen LogP contribution in [0.5, 0.6) is 0 Å². The number of aromatic nitrogens is 2. The monoisotopic (exact) mass is 374 g/mol. The van der Waals surface area contributed by atoms with Gasteiger partial charge in [-0.1, -0.05) is 29.8 Å². The molecule has 2 aromatic carbocycles. The van der Waals surface area contributed by atoms with E-state index in [9.17, 15) is 4.39 Å². The molecule has 1 unspecified atom stereocenters. The molecule has 0 aliphatic heterocycles. The maximum Gasteiger partial charge on any atom is 0.124 e. The Bertz CT molecular complexity index is 805. The van der Waals surface area contributed by atoms with Crippen molar-refractivity contribution in [2.24, 2.45) is 0 Å². The number of nitrogens with zero attached hydrogens (tertiary/aromatic N) is 2. The number of rotatable bonds is 7. The molecule has 3 rings (SSSR count). The average Bonchev–Trinajstić information content (AvgIpc) is 3.07. The van der Waals surface area contributed by atoms with Crippen LogP contribution >= 0.6 is 23.4 Å². The number of benzene rings is 2. The van der Waals surface area contributed by atoms with E-state index in [0.717, 1.165) is 29.3 Å². The molecule has 1 aromatic heterocycles. The van der Waals surface area contributed by atoms with E-state index in [2.05, 4.69) is 28.6 Å². The van der Waals surface area contributed by atoms with Crippen molar-refractivity contribution >= 4 is 23.4 Å². The van der Waals surface area contributed by atoms with E-state index >= 15 is 0 Å². The number of thioether (sulfide) groups is 1. The van der Waals surface area contributed by atoms with Gasteiger partial charge in [0.25, 0.3) is 0 Å². The Morgan fingerprint density at radius 1 is 1.20 bits per heavy atom. The summed E-state index contributed by atoms with van der Waals surface area (Å²) in [5.41, 5.74) is 1.25. The van der Waals surface area contributed by atoms with Gasteiger partial charge in [0.2, 0.25) is 0 Å². The van der Waals surface area contributed by atoms with E-state index in [1.807, 2.05) is 30.7 Å². The van der Waals surface area contributed by atoms with Gasteiger partial charge in [-0.15, -0.1) is 11.8 Å². The Balaban J connectivity index is 1.76. The fourth-order valence-electron chi connectivity index (χ4n) is 2.80. The molecule has 0 saturated heterocycles. The van der Waals surface area contributed by atoms with E-state index in [0.29, 0.717) is 0 Å². The van der Waals surface area contributed by atoms with Crippen LogP contribution in [0.1, 0.15) is 18.9 Å². The fourth-order valence-corrected chi connectivity index (χ4v) is 4.23. The lowest BCUT2D eigenvalue weighted by atomic mass is 10.00. The topological polar surface area (TPSA) is 17.8 Å². The molecule has 0 N–H and O–H groups in total. The maximum atomic E-state index is 13.6. The summed E-state index contributed by atoms with van der Waals surface area (Å²) >= 11 is 7.68. The second-order valence-electron chi connectivity index (χ2n) is 6.37. The first-order chi connectivity index (χ1) is 12.0. The van der Waals surface area contributed by atoms with Gasteiger partial charge < -0.3 is 4.57 Å². The van der Waals surface area contributed by atoms with E-state index < -0.39 is 0 Å². The fraction of sp³-hybridized carbons (Fsp3) is 0.250. The number of hydrogen-bond acceptors (Lipinski definition) is 2.